The summed E-state index contributed by atoms with van der Waals surface area (Å²) in [6.07, 6.45) is 0. The first-order valence-electron chi connectivity index (χ1n) is 6.12. The molecule has 3 rings (SSSR count). The molecule has 7 heteroatoms. The highest BCUT2D eigenvalue weighted by Crippen LogP contribution is 2.29. The predicted molar refractivity (Wildman–Crippen MR) is 74.9 cm³/mol. The van der Waals surface area contributed by atoms with E-state index in [1.165, 1.54) is 22.9 Å². The number of ether oxygens (including phenoxy) is 1. The lowest BCUT2D eigenvalue weighted by Gasteiger charge is -2.06. The Balaban J connectivity index is 2.22. The summed E-state index contributed by atoms with van der Waals surface area (Å²) in [5, 5.41) is 0.498. The van der Waals surface area contributed by atoms with Crippen molar-refractivity contribution in [2.24, 2.45) is 0 Å². The smallest absolute Gasteiger partial charge is 0.276 e. The molecule has 4 nitrogen and oxygen atoms in total. The molecule has 106 valence electrons. The van der Waals surface area contributed by atoms with Gasteiger partial charge in [-0.15, -0.1) is 0 Å². The second-order valence-electron chi connectivity index (χ2n) is 4.45. The number of benzene rings is 1. The number of hydrogen-bond donors (Lipinski definition) is 0. The second kappa shape index (κ2) is 5.24. The first kappa shape index (κ1) is 13.7. The molecule has 0 unspecified atom stereocenters. The lowest BCUT2D eigenvalue weighted by Crippen LogP contribution is -2.23. The molecule has 0 radical (unpaired) electrons. The van der Waals surface area contributed by atoms with Crippen LogP contribution in [-0.2, 0) is 17.8 Å². The van der Waals surface area contributed by atoms with E-state index in [-0.39, 0.29) is 26.9 Å². The van der Waals surface area contributed by atoms with E-state index < -0.39 is 5.82 Å². The van der Waals surface area contributed by atoms with Crippen LogP contribution in [-0.4, -0.2) is 22.6 Å². The summed E-state index contributed by atoms with van der Waals surface area (Å²) in [5.41, 5.74) is 0.0165. The molecule has 1 aromatic carbocycles. The van der Waals surface area contributed by atoms with E-state index in [0.717, 1.165) is 0 Å². The van der Waals surface area contributed by atoms with Crippen molar-refractivity contribution in [1.82, 2.24) is 9.36 Å². The zero-order chi connectivity index (χ0) is 14.3. The van der Waals surface area contributed by atoms with Gasteiger partial charge in [0.2, 0.25) is 0 Å². The van der Waals surface area contributed by atoms with Crippen molar-refractivity contribution in [3.63, 3.8) is 0 Å². The highest BCUT2D eigenvalue weighted by Gasteiger charge is 2.23. The molecule has 0 spiro atoms. The van der Waals surface area contributed by atoms with E-state index in [1.807, 2.05) is 0 Å². The van der Waals surface area contributed by atoms with Gasteiger partial charge in [0.05, 0.1) is 31.9 Å². The minimum Gasteiger partial charge on any atom is -0.378 e. The van der Waals surface area contributed by atoms with Gasteiger partial charge in [-0.05, 0) is 18.2 Å². The molecule has 0 atom stereocenters. The SMILES string of the molecule is O=c1c(-c2ccc(Cl)cc2F)c(Cl)n2n1CCOCC2. The minimum absolute atomic E-state index is 0.165. The van der Waals surface area contributed by atoms with Gasteiger partial charge in [0, 0.05) is 10.6 Å². The largest absolute Gasteiger partial charge is 0.378 e. The molecule has 20 heavy (non-hydrogen) atoms. The summed E-state index contributed by atoms with van der Waals surface area (Å²) in [6, 6.07) is 4.17. The number of nitrogens with zero attached hydrogens (tertiary/aromatic N) is 2. The lowest BCUT2D eigenvalue weighted by molar-refractivity contribution is 0.137. The van der Waals surface area contributed by atoms with Crippen molar-refractivity contribution < 1.29 is 9.13 Å². The highest BCUT2D eigenvalue weighted by molar-refractivity contribution is 6.32. The molecule has 0 saturated carbocycles. The Morgan fingerprint density at radius 2 is 1.85 bits per heavy atom. The van der Waals surface area contributed by atoms with Gasteiger partial charge in [-0.2, -0.15) is 0 Å². The van der Waals surface area contributed by atoms with E-state index >= 15 is 0 Å². The molecular weight excluding hydrogens is 306 g/mol. The number of fused-ring (bicyclic) bond motifs is 1. The quantitative estimate of drug-likeness (QED) is 0.811. The molecule has 0 amide bonds. The molecule has 0 aliphatic carbocycles. The highest BCUT2D eigenvalue weighted by atomic mass is 35.5. The van der Waals surface area contributed by atoms with Crippen molar-refractivity contribution in [3.05, 3.63) is 44.5 Å². The third kappa shape index (κ3) is 2.16. The van der Waals surface area contributed by atoms with Crippen LogP contribution in [0.4, 0.5) is 4.39 Å². The zero-order valence-electron chi connectivity index (χ0n) is 10.4. The molecular formula is C13H11Cl2FN2O2. The van der Waals surface area contributed by atoms with Gasteiger partial charge in [0.15, 0.2) is 0 Å². The molecule has 2 aromatic rings. The molecule has 1 aliphatic heterocycles. The summed E-state index contributed by atoms with van der Waals surface area (Å²) in [5.74, 6) is -0.561. The normalized spacial score (nSPS) is 14.9. The second-order valence-corrected chi connectivity index (χ2v) is 5.25. The molecule has 0 N–H and O–H groups in total. The van der Waals surface area contributed by atoms with Crippen molar-refractivity contribution in [2.45, 2.75) is 13.1 Å². The fourth-order valence-corrected chi connectivity index (χ4v) is 2.84. The molecule has 1 aromatic heterocycles. The number of aromatic nitrogens is 2. The summed E-state index contributed by atoms with van der Waals surface area (Å²) in [6.45, 7) is 1.76. The van der Waals surface area contributed by atoms with E-state index in [0.29, 0.717) is 26.3 Å². The van der Waals surface area contributed by atoms with Gasteiger partial charge in [0.1, 0.15) is 11.0 Å². The Labute approximate surface area is 124 Å². The summed E-state index contributed by atoms with van der Waals surface area (Å²) >= 11 is 12.0. The molecule has 0 fully saturated rings. The maximum atomic E-state index is 14.0. The topological polar surface area (TPSA) is 36.2 Å². The van der Waals surface area contributed by atoms with Crippen LogP contribution in [0.1, 0.15) is 0 Å². The molecule has 0 bridgehead atoms. The maximum Gasteiger partial charge on any atom is 0.276 e. The maximum absolute atomic E-state index is 14.0. The van der Waals surface area contributed by atoms with Crippen LogP contribution in [0.3, 0.4) is 0 Å². The van der Waals surface area contributed by atoms with Gasteiger partial charge in [-0.1, -0.05) is 23.2 Å². The van der Waals surface area contributed by atoms with Gasteiger partial charge < -0.3 is 4.74 Å². The van der Waals surface area contributed by atoms with E-state index in [9.17, 15) is 9.18 Å². The van der Waals surface area contributed by atoms with Gasteiger partial charge >= 0.3 is 0 Å². The Hall–Kier alpha value is -1.30. The van der Waals surface area contributed by atoms with Gasteiger partial charge in [0.25, 0.3) is 5.56 Å². The predicted octanol–water partition coefficient (Wildman–Crippen LogP) is 2.79. The van der Waals surface area contributed by atoms with Crippen molar-refractivity contribution in [1.29, 1.82) is 0 Å². The van der Waals surface area contributed by atoms with Crippen LogP contribution < -0.4 is 5.56 Å². The summed E-state index contributed by atoms with van der Waals surface area (Å²) in [4.78, 5) is 12.4. The van der Waals surface area contributed by atoms with E-state index in [1.54, 1.807) is 4.68 Å². The standard InChI is InChI=1S/C13H11Cl2FN2O2/c14-8-1-2-9(10(16)7-8)11-12(15)17-3-5-20-6-4-18(17)13(11)19/h1-2,7H,3-6H2. The third-order valence-corrected chi connectivity index (χ3v) is 3.89. The van der Waals surface area contributed by atoms with Crippen LogP contribution in [0.25, 0.3) is 11.1 Å². The number of hydrogen-bond acceptors (Lipinski definition) is 2. The average molecular weight is 317 g/mol. The van der Waals surface area contributed by atoms with Crippen LogP contribution in [0.5, 0.6) is 0 Å². The Kier molecular flexibility index (Phi) is 3.58. The monoisotopic (exact) mass is 316 g/mol. The fraction of sp³-hybridized carbons (Fsp3) is 0.308. The number of halogens is 3. The minimum atomic E-state index is -0.561. The van der Waals surface area contributed by atoms with Crippen molar-refractivity contribution in [3.8, 4) is 11.1 Å². The lowest BCUT2D eigenvalue weighted by atomic mass is 10.1. The van der Waals surface area contributed by atoms with Crippen molar-refractivity contribution in [2.75, 3.05) is 13.2 Å². The number of rotatable bonds is 1. The molecule has 2 heterocycles. The molecule has 0 saturated heterocycles. The van der Waals surface area contributed by atoms with Crippen LogP contribution in [0.2, 0.25) is 10.2 Å². The molecule has 1 aliphatic rings. The van der Waals surface area contributed by atoms with Crippen LogP contribution >= 0.6 is 23.2 Å². The Morgan fingerprint density at radius 3 is 2.55 bits per heavy atom. The average Bonchev–Trinajstić information content (AvgIpc) is 2.61. The first-order chi connectivity index (χ1) is 9.59. The Bertz CT molecular complexity index is 724. The first-order valence-corrected chi connectivity index (χ1v) is 6.87. The van der Waals surface area contributed by atoms with Gasteiger partial charge in [-0.3, -0.25) is 9.48 Å². The van der Waals surface area contributed by atoms with Crippen LogP contribution in [0.15, 0.2) is 23.0 Å². The van der Waals surface area contributed by atoms with Crippen LogP contribution in [0, 0.1) is 5.82 Å². The third-order valence-electron chi connectivity index (χ3n) is 3.27. The van der Waals surface area contributed by atoms with Crippen molar-refractivity contribution >= 4 is 23.2 Å². The van der Waals surface area contributed by atoms with E-state index in [2.05, 4.69) is 0 Å². The fourth-order valence-electron chi connectivity index (χ4n) is 2.33. The summed E-state index contributed by atoms with van der Waals surface area (Å²) in [7, 11) is 0. The Morgan fingerprint density at radius 1 is 1.15 bits per heavy atom. The van der Waals surface area contributed by atoms with E-state index in [4.69, 9.17) is 27.9 Å². The summed E-state index contributed by atoms with van der Waals surface area (Å²) < 4.78 is 22.4. The van der Waals surface area contributed by atoms with Gasteiger partial charge in [-0.25, -0.2) is 9.07 Å². The zero-order valence-corrected chi connectivity index (χ0v) is 11.9.